The van der Waals surface area contributed by atoms with Gasteiger partial charge in [0.25, 0.3) is 5.89 Å². The van der Waals surface area contributed by atoms with Crippen LogP contribution in [0.25, 0.3) is 11.5 Å². The normalized spacial score (nSPS) is 14.1. The molecule has 0 bridgehead atoms. The van der Waals surface area contributed by atoms with Crippen LogP contribution in [-0.4, -0.2) is 51.2 Å². The van der Waals surface area contributed by atoms with Crippen LogP contribution in [0.5, 0.6) is 0 Å². The van der Waals surface area contributed by atoms with Crippen LogP contribution >= 0.6 is 11.8 Å². The highest BCUT2D eigenvalue weighted by molar-refractivity contribution is 7.98. The average molecular weight is 449 g/mol. The van der Waals surface area contributed by atoms with Crippen molar-refractivity contribution in [2.45, 2.75) is 24.4 Å². The van der Waals surface area contributed by atoms with Gasteiger partial charge in [0.1, 0.15) is 0 Å². The second-order valence-electron chi connectivity index (χ2n) is 7.63. The summed E-state index contributed by atoms with van der Waals surface area (Å²) >= 11 is 1.56. The highest BCUT2D eigenvalue weighted by Gasteiger charge is 2.21. The van der Waals surface area contributed by atoms with Gasteiger partial charge in [-0.05, 0) is 24.6 Å². The molecule has 2 aromatic heterocycles. The molecule has 8 nitrogen and oxygen atoms in total. The average Bonchev–Trinajstić information content (AvgIpc) is 3.46. The van der Waals surface area contributed by atoms with Crippen LogP contribution in [-0.2, 0) is 17.0 Å². The van der Waals surface area contributed by atoms with Crippen LogP contribution in [0.15, 0.2) is 64.3 Å². The van der Waals surface area contributed by atoms with E-state index >= 15 is 0 Å². The minimum atomic E-state index is 0.532. The Balaban J connectivity index is 1.35. The smallest absolute Gasteiger partial charge is 0.257 e. The third-order valence-corrected chi connectivity index (χ3v) is 6.20. The van der Waals surface area contributed by atoms with E-state index in [4.69, 9.17) is 9.26 Å². The zero-order chi connectivity index (χ0) is 21.8. The first-order chi connectivity index (χ1) is 15.8. The van der Waals surface area contributed by atoms with Gasteiger partial charge in [0, 0.05) is 18.7 Å². The minimum absolute atomic E-state index is 0.532. The van der Waals surface area contributed by atoms with Crippen LogP contribution in [0.2, 0.25) is 0 Å². The molecule has 32 heavy (non-hydrogen) atoms. The van der Waals surface area contributed by atoms with Crippen LogP contribution in [0, 0.1) is 6.92 Å². The summed E-state index contributed by atoms with van der Waals surface area (Å²) in [5, 5.41) is 14.0. The number of ether oxygens (including phenoxy) is 1. The van der Waals surface area contributed by atoms with E-state index in [1.807, 2.05) is 49.4 Å². The third kappa shape index (κ3) is 4.68. The summed E-state index contributed by atoms with van der Waals surface area (Å²) in [5.74, 6) is 2.58. The maximum atomic E-state index is 5.51. The Kier molecular flexibility index (Phi) is 6.17. The number of hydrogen-bond acceptors (Lipinski definition) is 8. The molecule has 0 spiro atoms. The Hall–Kier alpha value is -3.17. The Bertz CT molecular complexity index is 1170. The van der Waals surface area contributed by atoms with E-state index in [9.17, 15) is 0 Å². The molecule has 0 unspecified atom stereocenters. The number of anilines is 1. The first kappa shape index (κ1) is 20.7. The number of benzene rings is 2. The van der Waals surface area contributed by atoms with Crippen molar-refractivity contribution < 1.29 is 9.26 Å². The molecule has 0 saturated carbocycles. The highest BCUT2D eigenvalue weighted by Crippen LogP contribution is 2.27. The Morgan fingerprint density at radius 2 is 1.84 bits per heavy atom. The molecule has 1 aliphatic heterocycles. The Labute approximate surface area is 190 Å². The monoisotopic (exact) mass is 448 g/mol. The van der Waals surface area contributed by atoms with Gasteiger partial charge in [-0.25, -0.2) is 0 Å². The molecule has 0 radical (unpaired) electrons. The molecule has 2 aromatic carbocycles. The van der Waals surface area contributed by atoms with Gasteiger partial charge < -0.3 is 14.2 Å². The van der Waals surface area contributed by atoms with Crippen molar-refractivity contribution in [2.24, 2.45) is 0 Å². The number of aryl methyl sites for hydroxylation is 1. The molecule has 164 valence electrons. The fourth-order valence-corrected chi connectivity index (χ4v) is 4.40. The lowest BCUT2D eigenvalue weighted by Gasteiger charge is -2.28. The predicted octanol–water partition coefficient (Wildman–Crippen LogP) is 3.81. The van der Waals surface area contributed by atoms with Crippen molar-refractivity contribution in [1.82, 2.24) is 24.9 Å². The van der Waals surface area contributed by atoms with Crippen molar-refractivity contribution in [3.05, 3.63) is 71.5 Å². The molecule has 3 heterocycles. The highest BCUT2D eigenvalue weighted by atomic mass is 32.2. The summed E-state index contributed by atoms with van der Waals surface area (Å²) in [6.07, 6.45) is 0. The summed E-state index contributed by atoms with van der Waals surface area (Å²) in [6.45, 7) is 5.76. The maximum absolute atomic E-state index is 5.51. The molecule has 5 rings (SSSR count). The lowest BCUT2D eigenvalue weighted by Crippen LogP contribution is -2.38. The first-order valence-electron chi connectivity index (χ1n) is 10.6. The van der Waals surface area contributed by atoms with Gasteiger partial charge >= 0.3 is 0 Å². The molecular weight excluding hydrogens is 424 g/mol. The van der Waals surface area contributed by atoms with Gasteiger partial charge in [0.05, 0.1) is 25.5 Å². The quantitative estimate of drug-likeness (QED) is 0.395. The second kappa shape index (κ2) is 9.54. The molecule has 0 N–H and O–H groups in total. The zero-order valence-electron chi connectivity index (χ0n) is 17.8. The Morgan fingerprint density at radius 3 is 2.66 bits per heavy atom. The number of nitrogens with zero attached hydrogens (tertiary/aromatic N) is 6. The van der Waals surface area contributed by atoms with Gasteiger partial charge in [-0.2, -0.15) is 4.98 Å². The summed E-state index contributed by atoms with van der Waals surface area (Å²) in [6, 6.07) is 18.4. The van der Waals surface area contributed by atoms with E-state index in [1.54, 1.807) is 11.8 Å². The molecular formula is C23H24N6O2S. The lowest BCUT2D eigenvalue weighted by molar-refractivity contribution is 0.121. The van der Waals surface area contributed by atoms with Gasteiger partial charge in [-0.3, -0.25) is 4.57 Å². The third-order valence-electron chi connectivity index (χ3n) is 5.24. The molecule has 1 fully saturated rings. The van der Waals surface area contributed by atoms with Crippen molar-refractivity contribution in [3.8, 4) is 11.5 Å². The van der Waals surface area contributed by atoms with E-state index in [2.05, 4.69) is 41.9 Å². The topological polar surface area (TPSA) is 82.1 Å². The number of aromatic nitrogens is 5. The van der Waals surface area contributed by atoms with Crippen LogP contribution in [0.4, 0.5) is 5.95 Å². The molecule has 1 saturated heterocycles. The molecule has 1 aliphatic rings. The van der Waals surface area contributed by atoms with E-state index in [1.165, 1.54) is 5.56 Å². The largest absolute Gasteiger partial charge is 0.378 e. The molecule has 4 aromatic rings. The van der Waals surface area contributed by atoms with Gasteiger partial charge in [0.2, 0.25) is 5.95 Å². The summed E-state index contributed by atoms with van der Waals surface area (Å²) < 4.78 is 13.1. The van der Waals surface area contributed by atoms with Crippen molar-refractivity contribution >= 4 is 17.7 Å². The standard InChI is InChI=1S/C23H24N6O2S/c1-17-6-5-9-19(14-17)21-24-20(27-31-21)16-32-23-26-25-22(28-10-12-30-13-11-28)29(23)15-18-7-3-2-4-8-18/h2-9,14H,10-13,15-16H2,1H3. The van der Waals surface area contributed by atoms with Gasteiger partial charge in [-0.15, -0.1) is 10.2 Å². The zero-order valence-corrected chi connectivity index (χ0v) is 18.7. The fraction of sp³-hybridized carbons (Fsp3) is 0.304. The summed E-state index contributed by atoms with van der Waals surface area (Å²) in [7, 11) is 0. The minimum Gasteiger partial charge on any atom is -0.378 e. The van der Waals surface area contributed by atoms with Crippen molar-refractivity contribution in [3.63, 3.8) is 0 Å². The lowest BCUT2D eigenvalue weighted by atomic mass is 10.1. The SMILES string of the molecule is Cc1cccc(-c2nc(CSc3nnc(N4CCOCC4)n3Cc3ccccc3)no2)c1. The number of thioether (sulfide) groups is 1. The van der Waals surface area contributed by atoms with E-state index < -0.39 is 0 Å². The maximum Gasteiger partial charge on any atom is 0.257 e. The number of rotatable bonds is 7. The number of morpholine rings is 1. The van der Waals surface area contributed by atoms with Crippen LogP contribution in [0.3, 0.4) is 0 Å². The summed E-state index contributed by atoms with van der Waals surface area (Å²) in [5.41, 5.74) is 3.28. The van der Waals surface area contributed by atoms with E-state index in [0.29, 0.717) is 37.2 Å². The van der Waals surface area contributed by atoms with E-state index in [0.717, 1.165) is 35.3 Å². The van der Waals surface area contributed by atoms with Crippen molar-refractivity contribution in [1.29, 1.82) is 0 Å². The Morgan fingerprint density at radius 1 is 1.00 bits per heavy atom. The molecule has 0 aliphatic carbocycles. The van der Waals surface area contributed by atoms with E-state index in [-0.39, 0.29) is 0 Å². The molecule has 0 amide bonds. The van der Waals surface area contributed by atoms with Gasteiger partial charge in [0.15, 0.2) is 11.0 Å². The van der Waals surface area contributed by atoms with Crippen molar-refractivity contribution in [2.75, 3.05) is 31.2 Å². The van der Waals surface area contributed by atoms with Crippen LogP contribution in [0.1, 0.15) is 17.0 Å². The molecule has 0 atom stereocenters. The first-order valence-corrected chi connectivity index (χ1v) is 11.6. The summed E-state index contributed by atoms with van der Waals surface area (Å²) in [4.78, 5) is 6.79. The van der Waals surface area contributed by atoms with Crippen LogP contribution < -0.4 is 4.90 Å². The number of hydrogen-bond donors (Lipinski definition) is 0. The second-order valence-corrected chi connectivity index (χ2v) is 8.57. The molecule has 9 heteroatoms. The fourth-order valence-electron chi connectivity index (χ4n) is 3.63. The van der Waals surface area contributed by atoms with Gasteiger partial charge in [-0.1, -0.05) is 64.9 Å². The predicted molar refractivity (Wildman–Crippen MR) is 123 cm³/mol.